The van der Waals surface area contributed by atoms with E-state index < -0.39 is 0 Å². The maximum atomic E-state index is 13.6. The molecule has 0 aliphatic heterocycles. The Morgan fingerprint density at radius 1 is 1.02 bits per heavy atom. The number of para-hydroxylation sites is 1. The van der Waals surface area contributed by atoms with Gasteiger partial charge in [0.25, 0.3) is 5.56 Å². The van der Waals surface area contributed by atoms with Crippen molar-refractivity contribution < 1.29 is 18.3 Å². The van der Waals surface area contributed by atoms with Gasteiger partial charge in [-0.25, -0.2) is 9.37 Å². The molecule has 0 N–H and O–H groups in total. The Kier molecular flexibility index (Phi) is 7.42. The van der Waals surface area contributed by atoms with E-state index in [9.17, 15) is 9.18 Å². The highest BCUT2D eigenvalue weighted by Crippen LogP contribution is 2.37. The average molecular weight is 677 g/mol. The van der Waals surface area contributed by atoms with E-state index in [-0.39, 0.29) is 23.8 Å². The lowest BCUT2D eigenvalue weighted by Gasteiger charge is -2.13. The van der Waals surface area contributed by atoms with Gasteiger partial charge in [-0.3, -0.25) is 4.79 Å². The molecule has 41 heavy (non-hydrogen) atoms. The van der Waals surface area contributed by atoms with Crippen LogP contribution in [0.4, 0.5) is 4.39 Å². The van der Waals surface area contributed by atoms with E-state index in [0.29, 0.717) is 43.8 Å². The summed E-state index contributed by atoms with van der Waals surface area (Å²) in [7, 11) is 1.53. The second-order valence-electron chi connectivity index (χ2n) is 9.06. The van der Waals surface area contributed by atoms with Crippen molar-refractivity contribution in [2.75, 3.05) is 7.11 Å². The lowest BCUT2D eigenvalue weighted by Crippen LogP contribution is -2.20. The van der Waals surface area contributed by atoms with Crippen molar-refractivity contribution in [3.8, 4) is 23.1 Å². The van der Waals surface area contributed by atoms with Crippen LogP contribution in [-0.4, -0.2) is 23.0 Å². The first-order valence-electron chi connectivity index (χ1n) is 12.4. The number of hydrogen-bond acceptors (Lipinski definition) is 6. The molecule has 0 unspecified atom stereocenters. The fourth-order valence-corrected chi connectivity index (χ4v) is 5.28. The Morgan fingerprint density at radius 3 is 2.63 bits per heavy atom. The summed E-state index contributed by atoms with van der Waals surface area (Å²) in [5.41, 5.74) is 2.30. The molecule has 0 amide bonds. The molecular weight excluding hydrogens is 657 g/mol. The van der Waals surface area contributed by atoms with Gasteiger partial charge in [-0.05, 0) is 87.7 Å². The van der Waals surface area contributed by atoms with Crippen LogP contribution >= 0.6 is 31.9 Å². The van der Waals surface area contributed by atoms with Crippen LogP contribution in [0.2, 0.25) is 0 Å². The predicted octanol–water partition coefficient (Wildman–Crippen LogP) is 7.94. The number of ether oxygens (including phenoxy) is 2. The Bertz CT molecular complexity index is 2000. The van der Waals surface area contributed by atoms with Gasteiger partial charge in [0.2, 0.25) is 5.82 Å². The van der Waals surface area contributed by atoms with E-state index in [4.69, 9.17) is 18.9 Å². The number of furan rings is 1. The second kappa shape index (κ2) is 11.3. The first-order chi connectivity index (χ1) is 19.9. The predicted molar refractivity (Wildman–Crippen MR) is 163 cm³/mol. The summed E-state index contributed by atoms with van der Waals surface area (Å²) in [5, 5.41) is 5.82. The molecular formula is C31H20Br2FN3O4. The highest BCUT2D eigenvalue weighted by atomic mass is 79.9. The minimum atomic E-state index is -0.339. The molecule has 2 aromatic heterocycles. The van der Waals surface area contributed by atoms with Crippen molar-refractivity contribution in [3.05, 3.63) is 121 Å². The Hall–Kier alpha value is -4.28. The molecule has 4 aromatic carbocycles. The van der Waals surface area contributed by atoms with Gasteiger partial charge in [0, 0.05) is 9.86 Å². The quantitative estimate of drug-likeness (QED) is 0.160. The zero-order valence-electron chi connectivity index (χ0n) is 21.5. The topological polar surface area (TPSA) is 78.9 Å². The van der Waals surface area contributed by atoms with Crippen LogP contribution in [0, 0.1) is 5.82 Å². The van der Waals surface area contributed by atoms with Gasteiger partial charge in [-0.1, -0.05) is 40.2 Å². The molecule has 204 valence electrons. The largest absolute Gasteiger partial charge is 0.493 e. The minimum Gasteiger partial charge on any atom is -0.493 e. The number of rotatable bonds is 7. The molecule has 0 aliphatic carbocycles. The van der Waals surface area contributed by atoms with Crippen LogP contribution in [-0.2, 0) is 6.61 Å². The van der Waals surface area contributed by atoms with Crippen molar-refractivity contribution >= 4 is 59.9 Å². The van der Waals surface area contributed by atoms with Gasteiger partial charge in [0.15, 0.2) is 17.3 Å². The SMILES string of the molecule is COc1cc(C=Nn2c(-c3cc4cc(Br)ccc4o3)nc3ccccc3c2=O)cc(Br)c1OCc1ccc(F)cc1. The maximum absolute atomic E-state index is 13.6. The summed E-state index contributed by atoms with van der Waals surface area (Å²) in [6, 6.07) is 24.2. The van der Waals surface area contributed by atoms with E-state index in [0.717, 1.165) is 15.4 Å². The molecule has 0 saturated carbocycles. The van der Waals surface area contributed by atoms with E-state index in [1.165, 1.54) is 30.1 Å². The molecule has 10 heteroatoms. The van der Waals surface area contributed by atoms with Gasteiger partial charge in [-0.2, -0.15) is 9.78 Å². The first-order valence-corrected chi connectivity index (χ1v) is 14.0. The van der Waals surface area contributed by atoms with Crippen LogP contribution in [0.3, 0.4) is 0 Å². The number of hydrogen-bond donors (Lipinski definition) is 0. The third-order valence-corrected chi connectivity index (χ3v) is 7.41. The Labute approximate surface area is 250 Å². The zero-order chi connectivity index (χ0) is 28.5. The van der Waals surface area contributed by atoms with Crippen molar-refractivity contribution in [3.63, 3.8) is 0 Å². The third kappa shape index (κ3) is 5.53. The van der Waals surface area contributed by atoms with E-state index in [1.807, 2.05) is 30.3 Å². The molecule has 0 radical (unpaired) electrons. The van der Waals surface area contributed by atoms with Gasteiger partial charge >= 0.3 is 0 Å². The summed E-state index contributed by atoms with van der Waals surface area (Å²) >= 11 is 7.03. The third-order valence-electron chi connectivity index (χ3n) is 6.32. The first kappa shape index (κ1) is 26.9. The molecule has 0 spiro atoms. The smallest absolute Gasteiger partial charge is 0.282 e. The molecule has 2 heterocycles. The average Bonchev–Trinajstić information content (AvgIpc) is 3.39. The van der Waals surface area contributed by atoms with Gasteiger partial charge in [0.05, 0.1) is 28.7 Å². The van der Waals surface area contributed by atoms with Crippen LogP contribution in [0.1, 0.15) is 11.1 Å². The van der Waals surface area contributed by atoms with Crippen molar-refractivity contribution in [1.82, 2.24) is 9.66 Å². The van der Waals surface area contributed by atoms with Crippen LogP contribution in [0.15, 0.2) is 108 Å². The fraction of sp³-hybridized carbons (Fsp3) is 0.0645. The number of nitrogens with zero attached hydrogens (tertiary/aromatic N) is 3. The number of aromatic nitrogens is 2. The lowest BCUT2D eigenvalue weighted by molar-refractivity contribution is 0.282. The van der Waals surface area contributed by atoms with Crippen LogP contribution in [0.5, 0.6) is 11.5 Å². The Morgan fingerprint density at radius 2 is 1.83 bits per heavy atom. The second-order valence-corrected chi connectivity index (χ2v) is 10.8. The highest BCUT2D eigenvalue weighted by molar-refractivity contribution is 9.10. The monoisotopic (exact) mass is 675 g/mol. The molecule has 0 atom stereocenters. The summed E-state index contributed by atoms with van der Waals surface area (Å²) < 4.78 is 33.6. The molecule has 6 aromatic rings. The van der Waals surface area contributed by atoms with Crippen molar-refractivity contribution in [2.24, 2.45) is 5.10 Å². The van der Waals surface area contributed by atoms with Crippen LogP contribution < -0.4 is 15.0 Å². The van der Waals surface area contributed by atoms with Crippen molar-refractivity contribution in [1.29, 1.82) is 0 Å². The molecule has 0 fully saturated rings. The fourth-order valence-electron chi connectivity index (χ4n) is 4.33. The summed E-state index contributed by atoms with van der Waals surface area (Å²) in [6.45, 7) is 0.220. The molecule has 6 rings (SSSR count). The van der Waals surface area contributed by atoms with E-state index in [1.54, 1.807) is 42.5 Å². The highest BCUT2D eigenvalue weighted by Gasteiger charge is 2.17. The summed E-state index contributed by atoms with van der Waals surface area (Å²) in [4.78, 5) is 18.3. The number of fused-ring (bicyclic) bond motifs is 2. The van der Waals surface area contributed by atoms with Gasteiger partial charge in [-0.15, -0.1) is 0 Å². The maximum Gasteiger partial charge on any atom is 0.282 e. The normalized spacial score (nSPS) is 11.5. The zero-order valence-corrected chi connectivity index (χ0v) is 24.6. The minimum absolute atomic E-state index is 0.220. The van der Waals surface area contributed by atoms with Crippen molar-refractivity contribution in [2.45, 2.75) is 6.61 Å². The number of benzene rings is 4. The number of methoxy groups -OCH3 is 1. The molecule has 0 saturated heterocycles. The van der Waals surface area contributed by atoms with Gasteiger partial charge < -0.3 is 13.9 Å². The van der Waals surface area contributed by atoms with E-state index >= 15 is 0 Å². The summed E-state index contributed by atoms with van der Waals surface area (Å²) in [5.74, 6) is 1.29. The Balaban J connectivity index is 1.39. The van der Waals surface area contributed by atoms with Gasteiger partial charge in [0.1, 0.15) is 18.0 Å². The number of halogens is 3. The summed E-state index contributed by atoms with van der Waals surface area (Å²) in [6.07, 6.45) is 1.54. The van der Waals surface area contributed by atoms with E-state index in [2.05, 4.69) is 37.0 Å². The standard InChI is InChI=1S/C31H20Br2FN3O4/c1-39-27-13-19(12-24(33)29(27)40-17-18-6-9-22(34)10-7-18)16-35-37-30(36-25-5-3-2-4-23(25)31(37)38)28-15-20-14-21(32)8-11-26(20)41-28/h2-16H,17H2,1H3. The molecule has 7 nitrogen and oxygen atoms in total. The van der Waals surface area contributed by atoms with Crippen LogP contribution in [0.25, 0.3) is 33.5 Å². The molecule has 0 aliphatic rings. The molecule has 0 bridgehead atoms. The lowest BCUT2D eigenvalue weighted by atomic mass is 10.2.